The van der Waals surface area contributed by atoms with Crippen molar-refractivity contribution in [2.45, 2.75) is 31.4 Å². The molecule has 1 fully saturated rings. The predicted octanol–water partition coefficient (Wildman–Crippen LogP) is 1.51. The molecule has 0 saturated heterocycles. The van der Waals surface area contributed by atoms with E-state index in [1.165, 1.54) is 12.3 Å². The second-order valence-electron chi connectivity index (χ2n) is 3.46. The number of hydrogen-bond acceptors (Lipinski definition) is 2. The van der Waals surface area contributed by atoms with Gasteiger partial charge in [0.2, 0.25) is 0 Å². The molecule has 0 atom stereocenters. The highest BCUT2D eigenvalue weighted by Gasteiger charge is 2.37. The fourth-order valence-corrected chi connectivity index (χ4v) is 1.77. The van der Waals surface area contributed by atoms with Crippen LogP contribution in [-0.2, 0) is 5.67 Å². The molecule has 1 aromatic rings. The third-order valence-electron chi connectivity index (χ3n) is 2.49. The lowest BCUT2D eigenvalue weighted by Gasteiger charge is -2.16. The molecule has 1 aliphatic carbocycles. The summed E-state index contributed by atoms with van der Waals surface area (Å²) in [6, 6.07) is 1.29. The average Bonchev–Trinajstić information content (AvgIpc) is 2.54. The number of nitrogens with zero attached hydrogens (tertiary/aromatic N) is 1. The highest BCUT2D eigenvalue weighted by atomic mass is 19.1. The molecule has 0 bridgehead atoms. The van der Waals surface area contributed by atoms with Gasteiger partial charge in [0, 0.05) is 12.3 Å². The highest BCUT2D eigenvalue weighted by Crippen LogP contribution is 2.39. The van der Waals surface area contributed by atoms with Crippen LogP contribution in [0.3, 0.4) is 0 Å². The number of nitrogens with one attached hydrogen (secondary N) is 1. The average molecular weight is 182 g/mol. The van der Waals surface area contributed by atoms with Crippen LogP contribution in [0, 0.1) is 0 Å². The minimum Gasteiger partial charge on any atom is -0.308 e. The summed E-state index contributed by atoms with van der Waals surface area (Å²) in [6.07, 6.45) is 4.04. The maximum Gasteiger partial charge on any atom is 0.250 e. The van der Waals surface area contributed by atoms with Crippen molar-refractivity contribution >= 4 is 0 Å². The number of aromatic nitrogens is 2. The van der Waals surface area contributed by atoms with Crippen molar-refractivity contribution in [1.82, 2.24) is 9.97 Å². The third kappa shape index (κ3) is 1.48. The van der Waals surface area contributed by atoms with Gasteiger partial charge in [0.1, 0.15) is 5.82 Å². The Morgan fingerprint density at radius 2 is 2.15 bits per heavy atom. The van der Waals surface area contributed by atoms with E-state index in [-0.39, 0.29) is 11.4 Å². The zero-order valence-electron chi connectivity index (χ0n) is 7.22. The van der Waals surface area contributed by atoms with Gasteiger partial charge in [-0.25, -0.2) is 9.37 Å². The van der Waals surface area contributed by atoms with Gasteiger partial charge in [-0.3, -0.25) is 4.79 Å². The smallest absolute Gasteiger partial charge is 0.250 e. The standard InChI is InChI=1S/C9H11FN2O/c10-9(4-1-2-5-9)8-11-6-3-7(13)12-8/h3,6H,1-2,4-5H2,(H,11,12,13). The Morgan fingerprint density at radius 1 is 1.46 bits per heavy atom. The summed E-state index contributed by atoms with van der Waals surface area (Å²) in [4.78, 5) is 17.2. The second kappa shape index (κ2) is 2.94. The molecule has 4 heteroatoms. The number of hydrogen-bond donors (Lipinski definition) is 1. The van der Waals surface area contributed by atoms with Crippen molar-refractivity contribution in [3.05, 3.63) is 28.4 Å². The normalized spacial score (nSPS) is 20.4. The van der Waals surface area contributed by atoms with Crippen LogP contribution in [0.5, 0.6) is 0 Å². The Bertz CT molecular complexity index is 355. The van der Waals surface area contributed by atoms with Gasteiger partial charge in [0.05, 0.1) is 0 Å². The molecule has 0 unspecified atom stereocenters. The molecule has 0 spiro atoms. The van der Waals surface area contributed by atoms with E-state index in [0.29, 0.717) is 12.8 Å². The van der Waals surface area contributed by atoms with Gasteiger partial charge in [-0.05, 0) is 25.7 Å². The van der Waals surface area contributed by atoms with Crippen molar-refractivity contribution in [3.8, 4) is 0 Å². The molecule has 3 nitrogen and oxygen atoms in total. The summed E-state index contributed by atoms with van der Waals surface area (Å²) >= 11 is 0. The molecular formula is C9H11FN2O. The lowest BCUT2D eigenvalue weighted by molar-refractivity contribution is 0.160. The van der Waals surface area contributed by atoms with Crippen molar-refractivity contribution in [1.29, 1.82) is 0 Å². The van der Waals surface area contributed by atoms with E-state index in [0.717, 1.165) is 12.8 Å². The van der Waals surface area contributed by atoms with Crippen molar-refractivity contribution in [3.63, 3.8) is 0 Å². The predicted molar refractivity (Wildman–Crippen MR) is 46.1 cm³/mol. The molecule has 0 radical (unpaired) electrons. The number of aromatic amines is 1. The third-order valence-corrected chi connectivity index (χ3v) is 2.49. The zero-order valence-corrected chi connectivity index (χ0v) is 7.22. The van der Waals surface area contributed by atoms with Crippen LogP contribution in [0.25, 0.3) is 0 Å². The van der Waals surface area contributed by atoms with Crippen molar-refractivity contribution in [2.75, 3.05) is 0 Å². The van der Waals surface area contributed by atoms with E-state index in [4.69, 9.17) is 0 Å². The minimum atomic E-state index is -1.39. The number of alkyl halides is 1. The van der Waals surface area contributed by atoms with E-state index >= 15 is 0 Å². The Balaban J connectivity index is 2.39. The molecule has 0 aromatic carbocycles. The fraction of sp³-hybridized carbons (Fsp3) is 0.556. The van der Waals surface area contributed by atoms with Gasteiger partial charge >= 0.3 is 0 Å². The van der Waals surface area contributed by atoms with E-state index < -0.39 is 5.67 Å². The quantitative estimate of drug-likeness (QED) is 0.715. The molecule has 1 heterocycles. The molecule has 1 saturated carbocycles. The van der Waals surface area contributed by atoms with Crippen LogP contribution in [0.2, 0.25) is 0 Å². The van der Waals surface area contributed by atoms with Gasteiger partial charge in [-0.2, -0.15) is 0 Å². The van der Waals surface area contributed by atoms with E-state index in [9.17, 15) is 9.18 Å². The van der Waals surface area contributed by atoms with E-state index in [1.54, 1.807) is 0 Å². The molecule has 1 aliphatic rings. The first-order chi connectivity index (χ1) is 6.21. The zero-order chi connectivity index (χ0) is 9.31. The van der Waals surface area contributed by atoms with E-state index in [2.05, 4.69) is 9.97 Å². The van der Waals surface area contributed by atoms with Gasteiger partial charge in [-0.15, -0.1) is 0 Å². The Kier molecular flexibility index (Phi) is 1.90. The van der Waals surface area contributed by atoms with Crippen molar-refractivity contribution in [2.24, 2.45) is 0 Å². The van der Waals surface area contributed by atoms with Gasteiger partial charge in [0.25, 0.3) is 5.56 Å². The van der Waals surface area contributed by atoms with Gasteiger partial charge < -0.3 is 4.98 Å². The molecule has 13 heavy (non-hydrogen) atoms. The summed E-state index contributed by atoms with van der Waals surface area (Å²) in [6.45, 7) is 0. The molecule has 0 amide bonds. The van der Waals surface area contributed by atoms with Crippen LogP contribution >= 0.6 is 0 Å². The van der Waals surface area contributed by atoms with E-state index in [1.807, 2.05) is 0 Å². The number of halogens is 1. The highest BCUT2D eigenvalue weighted by molar-refractivity contribution is 5.04. The molecule has 70 valence electrons. The largest absolute Gasteiger partial charge is 0.308 e. The number of H-pyrrole nitrogens is 1. The van der Waals surface area contributed by atoms with Crippen LogP contribution in [-0.4, -0.2) is 9.97 Å². The van der Waals surface area contributed by atoms with Crippen LogP contribution in [0.4, 0.5) is 4.39 Å². The van der Waals surface area contributed by atoms with Crippen molar-refractivity contribution < 1.29 is 4.39 Å². The summed E-state index contributed by atoms with van der Waals surface area (Å²) in [5.41, 5.74) is -1.67. The van der Waals surface area contributed by atoms with Crippen LogP contribution in [0.15, 0.2) is 17.1 Å². The summed E-state index contributed by atoms with van der Waals surface area (Å²) in [5.74, 6) is 0.192. The maximum absolute atomic E-state index is 14.0. The monoisotopic (exact) mass is 182 g/mol. The Hall–Kier alpha value is -1.19. The Labute approximate surface area is 75.0 Å². The molecule has 0 aliphatic heterocycles. The van der Waals surface area contributed by atoms with Crippen LogP contribution in [0.1, 0.15) is 31.5 Å². The maximum atomic E-state index is 14.0. The lowest BCUT2D eigenvalue weighted by atomic mass is 10.0. The van der Waals surface area contributed by atoms with Gasteiger partial charge in [0.15, 0.2) is 5.67 Å². The minimum absolute atomic E-state index is 0.192. The topological polar surface area (TPSA) is 45.8 Å². The lowest BCUT2D eigenvalue weighted by Crippen LogP contribution is -2.22. The fourth-order valence-electron chi connectivity index (χ4n) is 1.77. The number of rotatable bonds is 1. The molecular weight excluding hydrogens is 171 g/mol. The first-order valence-corrected chi connectivity index (χ1v) is 4.45. The molecule has 1 aromatic heterocycles. The Morgan fingerprint density at radius 3 is 2.77 bits per heavy atom. The first-order valence-electron chi connectivity index (χ1n) is 4.45. The second-order valence-corrected chi connectivity index (χ2v) is 3.46. The summed E-state index contributed by atoms with van der Waals surface area (Å²) in [7, 11) is 0. The summed E-state index contributed by atoms with van der Waals surface area (Å²) in [5, 5.41) is 0. The SMILES string of the molecule is O=c1ccnc(C2(F)CCCC2)[nH]1. The van der Waals surface area contributed by atoms with Gasteiger partial charge in [-0.1, -0.05) is 0 Å². The van der Waals surface area contributed by atoms with Crippen LogP contribution < -0.4 is 5.56 Å². The summed E-state index contributed by atoms with van der Waals surface area (Å²) < 4.78 is 14.0. The first kappa shape index (κ1) is 8.41. The molecule has 2 rings (SSSR count). The molecule has 1 N–H and O–H groups in total.